The predicted molar refractivity (Wildman–Crippen MR) is 101 cm³/mol. The van der Waals surface area contributed by atoms with Gasteiger partial charge >= 0.3 is 0 Å². The molecule has 0 radical (unpaired) electrons. The van der Waals surface area contributed by atoms with Crippen molar-refractivity contribution in [2.45, 2.75) is 40.0 Å². The maximum atomic E-state index is 5.47. The van der Waals surface area contributed by atoms with E-state index in [1.54, 1.807) is 0 Å². The fourth-order valence-corrected chi connectivity index (χ4v) is 2.79. The Morgan fingerprint density at radius 3 is 2.64 bits per heavy atom. The van der Waals surface area contributed by atoms with Crippen molar-refractivity contribution in [3.63, 3.8) is 0 Å². The first-order chi connectivity index (χ1) is 11.8. The van der Waals surface area contributed by atoms with E-state index in [0.29, 0.717) is 6.61 Å². The molecule has 1 N–H and O–H groups in total. The van der Waals surface area contributed by atoms with Crippen molar-refractivity contribution >= 4 is 17.1 Å². The number of nitrogens with zero attached hydrogens (tertiary/aromatic N) is 2. The molecule has 0 saturated carbocycles. The van der Waals surface area contributed by atoms with E-state index in [-0.39, 0.29) is 12.4 Å². The summed E-state index contributed by atoms with van der Waals surface area (Å²) in [6, 6.07) is 10.4. The van der Waals surface area contributed by atoms with Crippen molar-refractivity contribution in [3.8, 4) is 0 Å². The molecule has 5 heteroatoms. The largest absolute Gasteiger partial charge is 1.00 e. The Bertz CT molecular complexity index is 656. The van der Waals surface area contributed by atoms with Crippen molar-refractivity contribution < 1.29 is 22.1 Å². The van der Waals surface area contributed by atoms with Crippen LogP contribution in [0.4, 0.5) is 0 Å². The Morgan fingerprint density at radius 1 is 1.16 bits per heavy atom. The van der Waals surface area contributed by atoms with Crippen LogP contribution < -0.4 is 17.3 Å². The fourth-order valence-electron chi connectivity index (χ4n) is 2.79. The molecule has 2 rings (SSSR count). The zero-order chi connectivity index (χ0) is 17.2. The van der Waals surface area contributed by atoms with E-state index in [0.717, 1.165) is 54.6 Å². The molecule has 0 saturated heterocycles. The van der Waals surface area contributed by atoms with Crippen molar-refractivity contribution in [1.82, 2.24) is 4.98 Å². The summed E-state index contributed by atoms with van der Waals surface area (Å²) < 4.78 is 0. The lowest BCUT2D eigenvalue weighted by atomic mass is 10.1. The van der Waals surface area contributed by atoms with E-state index in [9.17, 15) is 0 Å². The first-order valence-electron chi connectivity index (χ1n) is 9.16. The van der Waals surface area contributed by atoms with Crippen LogP contribution in [0.2, 0.25) is 0 Å². The molecule has 0 spiro atoms. The molecule has 0 aliphatic heterocycles. The van der Waals surface area contributed by atoms with Gasteiger partial charge in [0.05, 0.1) is 24.8 Å². The number of quaternary nitrogens is 1. The second-order valence-electron chi connectivity index (χ2n) is 6.10. The van der Waals surface area contributed by atoms with Crippen LogP contribution >= 0.6 is 0 Å². The number of halogens is 1. The highest BCUT2D eigenvalue weighted by molar-refractivity contribution is 5.98. The van der Waals surface area contributed by atoms with E-state index in [4.69, 9.17) is 9.82 Å². The van der Waals surface area contributed by atoms with Crippen LogP contribution in [0.25, 0.3) is 10.9 Å². The van der Waals surface area contributed by atoms with Crippen LogP contribution in [-0.4, -0.2) is 37.4 Å². The number of aromatic nitrogens is 1. The lowest BCUT2D eigenvalue weighted by molar-refractivity contribution is -0.896. The van der Waals surface area contributed by atoms with Crippen LogP contribution in [0, 0.1) is 0 Å². The van der Waals surface area contributed by atoms with Gasteiger partial charge in [-0.25, -0.2) is 0 Å². The number of benzene rings is 1. The maximum Gasteiger partial charge on any atom is 0.165 e. The molecule has 0 unspecified atom stereocenters. The zero-order valence-corrected chi connectivity index (χ0v) is 16.4. The van der Waals surface area contributed by atoms with Crippen LogP contribution in [-0.2, 0) is 11.3 Å². The van der Waals surface area contributed by atoms with Crippen molar-refractivity contribution in [3.05, 3.63) is 41.6 Å². The minimum atomic E-state index is 0. The smallest absolute Gasteiger partial charge is 0.165 e. The summed E-state index contributed by atoms with van der Waals surface area (Å²) in [6.45, 7) is 10.5. The minimum absolute atomic E-state index is 0. The van der Waals surface area contributed by atoms with Gasteiger partial charge in [-0.15, -0.1) is 0 Å². The summed E-state index contributed by atoms with van der Waals surface area (Å²) in [6.07, 6.45) is 5.17. The third-order valence-corrected chi connectivity index (χ3v) is 4.40. The fraction of sp³-hybridized carbons (Fsp3) is 0.500. The highest BCUT2D eigenvalue weighted by Gasteiger charge is 2.05. The lowest BCUT2D eigenvalue weighted by Crippen LogP contribution is -3.11. The van der Waals surface area contributed by atoms with Gasteiger partial charge in [0, 0.05) is 16.6 Å². The predicted octanol–water partition coefficient (Wildman–Crippen LogP) is -0.143. The van der Waals surface area contributed by atoms with Gasteiger partial charge in [0.15, 0.2) is 6.61 Å². The molecule has 0 aliphatic rings. The molecule has 0 aliphatic carbocycles. The number of nitrogens with one attached hydrogen (secondary N) is 1. The Kier molecular flexibility index (Phi) is 10.1. The zero-order valence-electron chi connectivity index (χ0n) is 15.6. The van der Waals surface area contributed by atoms with E-state index in [1.165, 1.54) is 11.3 Å². The van der Waals surface area contributed by atoms with Gasteiger partial charge in [0.1, 0.15) is 6.54 Å². The summed E-state index contributed by atoms with van der Waals surface area (Å²) in [4.78, 5) is 11.8. The van der Waals surface area contributed by atoms with Crippen molar-refractivity contribution in [2.75, 3.05) is 26.2 Å². The third kappa shape index (κ3) is 6.63. The van der Waals surface area contributed by atoms with Crippen LogP contribution in [0.5, 0.6) is 0 Å². The van der Waals surface area contributed by atoms with Gasteiger partial charge < -0.3 is 22.1 Å². The molecule has 0 bridgehead atoms. The highest BCUT2D eigenvalue weighted by atomic mass is 35.5. The van der Waals surface area contributed by atoms with E-state index in [1.807, 2.05) is 18.3 Å². The van der Waals surface area contributed by atoms with Gasteiger partial charge in [-0.05, 0) is 38.8 Å². The second-order valence-corrected chi connectivity index (χ2v) is 6.10. The van der Waals surface area contributed by atoms with Crippen molar-refractivity contribution in [1.29, 1.82) is 0 Å². The molecular weight excluding hydrogens is 334 g/mol. The second kappa shape index (κ2) is 11.8. The van der Waals surface area contributed by atoms with E-state index in [2.05, 4.69) is 44.1 Å². The minimum Gasteiger partial charge on any atom is -1.00 e. The number of unbranched alkanes of at least 4 members (excludes halogenated alkanes) is 1. The molecule has 0 fully saturated rings. The average Bonchev–Trinajstić information content (AvgIpc) is 2.62. The summed E-state index contributed by atoms with van der Waals surface area (Å²) in [5, 5.41) is 5.31. The Labute approximate surface area is 157 Å². The number of fused-ring (bicyclic) bond motifs is 1. The normalized spacial score (nSPS) is 11.2. The standard InChI is InChI=1S/C20H29N3O.ClH/c1-4-7-10-18-15-17(19-11-8-9-12-20(19)22-18)16-21-24-14-13-23(5-2)6-3;/h8-9,11-12,15-16H,4-7,10,13-14H2,1-3H3;1H/b21-16-;. The van der Waals surface area contributed by atoms with Crippen LogP contribution in [0.3, 0.4) is 0 Å². The van der Waals surface area contributed by atoms with Crippen molar-refractivity contribution in [2.24, 2.45) is 5.16 Å². The van der Waals surface area contributed by atoms with Crippen LogP contribution in [0.15, 0.2) is 35.5 Å². The highest BCUT2D eigenvalue weighted by Crippen LogP contribution is 2.18. The SMILES string of the molecule is CCCCc1cc(/C=N\OCC[NH+](CC)CC)c2ccccc2n1.[Cl-]. The summed E-state index contributed by atoms with van der Waals surface area (Å²) in [7, 11) is 0. The van der Waals surface area contributed by atoms with Gasteiger partial charge in [-0.2, -0.15) is 0 Å². The number of rotatable bonds is 10. The number of hydrogen-bond acceptors (Lipinski definition) is 3. The topological polar surface area (TPSA) is 38.9 Å². The summed E-state index contributed by atoms with van der Waals surface area (Å²) in [5.74, 6) is 0. The molecule has 2 aromatic rings. The van der Waals surface area contributed by atoms with Gasteiger partial charge in [0.25, 0.3) is 0 Å². The molecule has 1 aromatic heterocycles. The molecule has 4 nitrogen and oxygen atoms in total. The number of para-hydroxylation sites is 1. The molecule has 1 aromatic carbocycles. The van der Waals surface area contributed by atoms with E-state index < -0.39 is 0 Å². The van der Waals surface area contributed by atoms with Crippen LogP contribution in [0.1, 0.15) is 44.9 Å². The molecule has 0 atom stereocenters. The number of likely N-dealkylation sites (N-methyl/N-ethyl adjacent to an activating group) is 1. The number of aryl methyl sites for hydroxylation is 1. The average molecular weight is 364 g/mol. The van der Waals surface area contributed by atoms with Gasteiger partial charge in [0.2, 0.25) is 0 Å². The monoisotopic (exact) mass is 363 g/mol. The Hall–Kier alpha value is -1.65. The molecule has 138 valence electrons. The molecule has 25 heavy (non-hydrogen) atoms. The molecule has 1 heterocycles. The Balaban J connectivity index is 0.00000312. The van der Waals surface area contributed by atoms with Gasteiger partial charge in [-0.1, -0.05) is 36.7 Å². The maximum absolute atomic E-state index is 5.47. The number of pyridine rings is 1. The number of hydrogen-bond donors (Lipinski definition) is 1. The third-order valence-electron chi connectivity index (χ3n) is 4.40. The Morgan fingerprint density at radius 2 is 1.92 bits per heavy atom. The molecular formula is C20H30ClN3O. The lowest BCUT2D eigenvalue weighted by Gasteiger charge is -2.13. The number of oxime groups is 1. The van der Waals surface area contributed by atoms with Gasteiger partial charge in [-0.3, -0.25) is 4.98 Å². The van der Waals surface area contributed by atoms with E-state index >= 15 is 0 Å². The first kappa shape index (κ1) is 21.4. The summed E-state index contributed by atoms with van der Waals surface area (Å²) in [5.41, 5.74) is 3.24. The first-order valence-corrected chi connectivity index (χ1v) is 9.16. The quantitative estimate of drug-likeness (QED) is 0.362. The summed E-state index contributed by atoms with van der Waals surface area (Å²) >= 11 is 0. The molecule has 0 amide bonds.